The van der Waals surface area contributed by atoms with Gasteiger partial charge in [-0.1, -0.05) is 45.7 Å². The van der Waals surface area contributed by atoms with Crippen molar-refractivity contribution in [3.8, 4) is 5.75 Å². The van der Waals surface area contributed by atoms with Crippen molar-refractivity contribution in [2.45, 2.75) is 44.5 Å². The molecular weight excluding hydrogens is 344 g/mol. The number of hydrogen-bond donors (Lipinski definition) is 0. The second-order valence-corrected chi connectivity index (χ2v) is 7.04. The van der Waals surface area contributed by atoms with Crippen LogP contribution in [0.3, 0.4) is 0 Å². The zero-order valence-electron chi connectivity index (χ0n) is 10.5. The van der Waals surface area contributed by atoms with Gasteiger partial charge in [0.1, 0.15) is 11.9 Å². The standard InChI is InChI=1S/C14H18Br2O/c1-4-14(3)12(16)8-13(14)17-10-5-6-11(15)9(2)7-10/h5-7,12-13H,4,8H2,1-3H3. The molecule has 1 fully saturated rings. The number of hydrogen-bond acceptors (Lipinski definition) is 1. The number of ether oxygens (including phenoxy) is 1. The van der Waals surface area contributed by atoms with E-state index in [9.17, 15) is 0 Å². The van der Waals surface area contributed by atoms with Crippen LogP contribution in [0.15, 0.2) is 22.7 Å². The first-order valence-corrected chi connectivity index (χ1v) is 7.75. The van der Waals surface area contributed by atoms with E-state index in [0.29, 0.717) is 10.9 Å². The Hall–Kier alpha value is -0.0200. The van der Waals surface area contributed by atoms with Crippen LogP contribution in [0.25, 0.3) is 0 Å². The molecule has 1 aliphatic rings. The Morgan fingerprint density at radius 1 is 1.47 bits per heavy atom. The molecule has 0 aromatic heterocycles. The van der Waals surface area contributed by atoms with Gasteiger partial charge in [-0.3, -0.25) is 0 Å². The molecular formula is C14H18Br2O. The Morgan fingerprint density at radius 3 is 2.71 bits per heavy atom. The van der Waals surface area contributed by atoms with E-state index in [1.807, 2.05) is 6.07 Å². The van der Waals surface area contributed by atoms with Crippen molar-refractivity contribution in [3.63, 3.8) is 0 Å². The van der Waals surface area contributed by atoms with Crippen LogP contribution in [0.4, 0.5) is 0 Å². The minimum Gasteiger partial charge on any atom is -0.490 e. The van der Waals surface area contributed by atoms with Gasteiger partial charge in [0, 0.05) is 14.7 Å². The minimum absolute atomic E-state index is 0.265. The third-order valence-electron chi connectivity index (χ3n) is 4.04. The maximum atomic E-state index is 6.11. The van der Waals surface area contributed by atoms with Gasteiger partial charge in [-0.25, -0.2) is 0 Å². The SMILES string of the molecule is CCC1(C)C(Br)CC1Oc1ccc(Br)c(C)c1. The Balaban J connectivity index is 2.09. The molecule has 0 spiro atoms. The van der Waals surface area contributed by atoms with E-state index in [4.69, 9.17) is 4.74 Å². The van der Waals surface area contributed by atoms with E-state index < -0.39 is 0 Å². The predicted molar refractivity (Wildman–Crippen MR) is 79.0 cm³/mol. The fourth-order valence-electron chi connectivity index (χ4n) is 2.25. The first-order chi connectivity index (χ1) is 7.97. The molecule has 1 aromatic rings. The van der Waals surface area contributed by atoms with Crippen molar-refractivity contribution in [1.29, 1.82) is 0 Å². The molecule has 0 heterocycles. The number of rotatable bonds is 3. The summed E-state index contributed by atoms with van der Waals surface area (Å²) in [5.74, 6) is 0.981. The summed E-state index contributed by atoms with van der Waals surface area (Å²) in [5, 5.41) is 0. The van der Waals surface area contributed by atoms with Crippen molar-refractivity contribution in [1.82, 2.24) is 0 Å². The molecule has 3 atom stereocenters. The zero-order chi connectivity index (χ0) is 12.6. The van der Waals surface area contributed by atoms with E-state index in [1.54, 1.807) is 0 Å². The lowest BCUT2D eigenvalue weighted by Gasteiger charge is -2.50. The topological polar surface area (TPSA) is 9.23 Å². The number of benzene rings is 1. The highest BCUT2D eigenvalue weighted by atomic mass is 79.9. The van der Waals surface area contributed by atoms with E-state index >= 15 is 0 Å². The van der Waals surface area contributed by atoms with Gasteiger partial charge in [0.15, 0.2) is 0 Å². The molecule has 3 unspecified atom stereocenters. The van der Waals surface area contributed by atoms with E-state index in [0.717, 1.165) is 23.1 Å². The second-order valence-electron chi connectivity index (χ2n) is 5.08. The van der Waals surface area contributed by atoms with E-state index in [1.165, 1.54) is 5.56 Å². The summed E-state index contributed by atoms with van der Waals surface area (Å²) in [6.45, 7) is 6.62. The molecule has 0 saturated heterocycles. The lowest BCUT2D eigenvalue weighted by Crippen LogP contribution is -2.54. The molecule has 1 nitrogen and oxygen atoms in total. The summed E-state index contributed by atoms with van der Waals surface area (Å²) >= 11 is 7.24. The highest BCUT2D eigenvalue weighted by molar-refractivity contribution is 9.10. The molecule has 0 aliphatic heterocycles. The molecule has 17 heavy (non-hydrogen) atoms. The van der Waals surface area contributed by atoms with Gasteiger partial charge in [0.2, 0.25) is 0 Å². The first-order valence-electron chi connectivity index (χ1n) is 6.04. The number of alkyl halides is 1. The minimum atomic E-state index is 0.265. The Bertz CT molecular complexity index is 419. The smallest absolute Gasteiger partial charge is 0.120 e. The van der Waals surface area contributed by atoms with Gasteiger partial charge >= 0.3 is 0 Å². The largest absolute Gasteiger partial charge is 0.490 e. The molecule has 1 aromatic carbocycles. The lowest BCUT2D eigenvalue weighted by atomic mass is 9.65. The predicted octanol–water partition coefficient (Wildman–Crippen LogP) is 5.09. The van der Waals surface area contributed by atoms with Crippen LogP contribution in [0.5, 0.6) is 5.75 Å². The van der Waals surface area contributed by atoms with Crippen LogP contribution < -0.4 is 4.74 Å². The zero-order valence-corrected chi connectivity index (χ0v) is 13.6. The molecule has 1 saturated carbocycles. The van der Waals surface area contributed by atoms with Crippen LogP contribution in [0.2, 0.25) is 0 Å². The number of halogens is 2. The normalized spacial score (nSPS) is 32.1. The van der Waals surface area contributed by atoms with Crippen molar-refractivity contribution in [2.24, 2.45) is 5.41 Å². The van der Waals surface area contributed by atoms with Gasteiger partial charge in [0.05, 0.1) is 0 Å². The van der Waals surface area contributed by atoms with E-state index in [2.05, 4.69) is 64.8 Å². The fourth-order valence-corrected chi connectivity index (χ4v) is 3.46. The molecule has 0 bridgehead atoms. The van der Waals surface area contributed by atoms with Crippen molar-refractivity contribution in [2.75, 3.05) is 0 Å². The molecule has 1 aliphatic carbocycles. The summed E-state index contributed by atoms with van der Waals surface area (Å²) in [6, 6.07) is 6.19. The molecule has 0 amide bonds. The van der Waals surface area contributed by atoms with Crippen LogP contribution in [-0.2, 0) is 0 Å². The summed E-state index contributed by atoms with van der Waals surface area (Å²) in [5.41, 5.74) is 1.48. The summed E-state index contributed by atoms with van der Waals surface area (Å²) < 4.78 is 7.25. The highest BCUT2D eigenvalue weighted by Crippen LogP contribution is 2.50. The maximum Gasteiger partial charge on any atom is 0.120 e. The van der Waals surface area contributed by atoms with Crippen molar-refractivity contribution >= 4 is 31.9 Å². The quantitative estimate of drug-likeness (QED) is 0.681. The monoisotopic (exact) mass is 360 g/mol. The average molecular weight is 362 g/mol. The first kappa shape index (κ1) is 13.4. The van der Waals surface area contributed by atoms with Crippen molar-refractivity contribution in [3.05, 3.63) is 28.2 Å². The maximum absolute atomic E-state index is 6.11. The van der Waals surface area contributed by atoms with Gasteiger partial charge in [0.25, 0.3) is 0 Å². The molecule has 3 heteroatoms. The molecule has 0 N–H and O–H groups in total. The van der Waals surface area contributed by atoms with Crippen molar-refractivity contribution < 1.29 is 4.74 Å². The lowest BCUT2D eigenvalue weighted by molar-refractivity contribution is -0.0243. The third kappa shape index (κ3) is 2.41. The van der Waals surface area contributed by atoms with Gasteiger partial charge in [-0.05, 0) is 43.5 Å². The number of aryl methyl sites for hydroxylation is 1. The van der Waals surface area contributed by atoms with Crippen LogP contribution in [-0.4, -0.2) is 10.9 Å². The average Bonchev–Trinajstić information content (AvgIpc) is 2.32. The fraction of sp³-hybridized carbons (Fsp3) is 0.571. The Kier molecular flexibility index (Phi) is 3.89. The van der Waals surface area contributed by atoms with Crippen LogP contribution in [0, 0.1) is 12.3 Å². The summed E-state index contributed by atoms with van der Waals surface area (Å²) in [4.78, 5) is 0.585. The molecule has 94 valence electrons. The Labute approximate surface area is 120 Å². The third-order valence-corrected chi connectivity index (χ3v) is 6.35. The van der Waals surface area contributed by atoms with Crippen LogP contribution >= 0.6 is 31.9 Å². The highest BCUT2D eigenvalue weighted by Gasteiger charge is 2.50. The summed E-state index contributed by atoms with van der Waals surface area (Å²) in [6.07, 6.45) is 2.57. The summed E-state index contributed by atoms with van der Waals surface area (Å²) in [7, 11) is 0. The molecule has 0 radical (unpaired) electrons. The van der Waals surface area contributed by atoms with Gasteiger partial charge < -0.3 is 4.74 Å². The molecule has 2 rings (SSSR count). The van der Waals surface area contributed by atoms with Gasteiger partial charge in [-0.2, -0.15) is 0 Å². The van der Waals surface area contributed by atoms with E-state index in [-0.39, 0.29) is 5.41 Å². The second kappa shape index (κ2) is 4.93. The Morgan fingerprint density at radius 2 is 2.18 bits per heavy atom. The van der Waals surface area contributed by atoms with Crippen LogP contribution in [0.1, 0.15) is 32.3 Å². The van der Waals surface area contributed by atoms with Gasteiger partial charge in [-0.15, -0.1) is 0 Å².